The molecule has 0 spiro atoms. The van der Waals surface area contributed by atoms with Gasteiger partial charge in [-0.15, -0.1) is 11.6 Å². The Labute approximate surface area is 68.4 Å². The van der Waals surface area contributed by atoms with Crippen molar-refractivity contribution < 1.29 is 0 Å². The third kappa shape index (κ3) is 2.44. The fourth-order valence-electron chi connectivity index (χ4n) is 0.538. The number of nitrogens with one attached hydrogen (secondary N) is 1. The summed E-state index contributed by atoms with van der Waals surface area (Å²) in [5.74, 6) is 5.54. The first-order valence-corrected chi connectivity index (χ1v) is 3.47. The van der Waals surface area contributed by atoms with Gasteiger partial charge in [0.05, 0.1) is 5.88 Å². The highest BCUT2D eigenvalue weighted by molar-refractivity contribution is 6.19. The van der Waals surface area contributed by atoms with Gasteiger partial charge in [-0.3, -0.25) is 4.79 Å². The molecule has 0 saturated carbocycles. The van der Waals surface area contributed by atoms with Crippen molar-refractivity contribution in [3.8, 4) is 11.8 Å². The van der Waals surface area contributed by atoms with Gasteiger partial charge in [0, 0.05) is 6.07 Å². The summed E-state index contributed by atoms with van der Waals surface area (Å²) >= 11 is 5.31. The topological polar surface area (TPSA) is 45.8 Å². The lowest BCUT2D eigenvalue weighted by molar-refractivity contribution is 0.974. The molecule has 1 aromatic rings. The summed E-state index contributed by atoms with van der Waals surface area (Å²) in [7, 11) is 0. The summed E-state index contributed by atoms with van der Waals surface area (Å²) in [5.41, 5.74) is 0.284. The van der Waals surface area contributed by atoms with Gasteiger partial charge in [-0.1, -0.05) is 5.92 Å². The van der Waals surface area contributed by atoms with Gasteiger partial charge in [0.25, 0.3) is 5.56 Å². The Morgan fingerprint density at radius 3 is 3.00 bits per heavy atom. The molecule has 1 aromatic heterocycles. The van der Waals surface area contributed by atoms with Crippen molar-refractivity contribution in [1.82, 2.24) is 10.2 Å². The monoisotopic (exact) mass is 168 g/mol. The highest BCUT2D eigenvalue weighted by Crippen LogP contribution is 1.83. The highest BCUT2D eigenvalue weighted by atomic mass is 35.5. The molecule has 0 aliphatic carbocycles. The van der Waals surface area contributed by atoms with E-state index in [1.54, 1.807) is 6.07 Å². The van der Waals surface area contributed by atoms with E-state index in [2.05, 4.69) is 22.0 Å². The molecule has 0 aromatic carbocycles. The molecular formula is C7H5ClN2O. The van der Waals surface area contributed by atoms with Gasteiger partial charge in [-0.05, 0) is 12.0 Å². The summed E-state index contributed by atoms with van der Waals surface area (Å²) in [6, 6.07) is 2.91. The number of hydrogen-bond acceptors (Lipinski definition) is 2. The first kappa shape index (κ1) is 7.83. The number of aromatic nitrogens is 2. The summed E-state index contributed by atoms with van der Waals surface area (Å²) in [5, 5.41) is 5.90. The van der Waals surface area contributed by atoms with Crippen molar-refractivity contribution in [2.24, 2.45) is 0 Å². The van der Waals surface area contributed by atoms with Gasteiger partial charge in [0.1, 0.15) is 5.69 Å². The molecule has 1 heterocycles. The molecule has 0 amide bonds. The molecule has 0 fully saturated rings. The number of alkyl halides is 1. The van der Waals surface area contributed by atoms with E-state index < -0.39 is 0 Å². The van der Waals surface area contributed by atoms with Crippen LogP contribution in [0.3, 0.4) is 0 Å². The molecule has 3 nitrogen and oxygen atoms in total. The molecule has 1 rings (SSSR count). The third-order valence-electron chi connectivity index (χ3n) is 0.962. The van der Waals surface area contributed by atoms with Gasteiger partial charge in [0.15, 0.2) is 0 Å². The first-order chi connectivity index (χ1) is 5.33. The van der Waals surface area contributed by atoms with E-state index >= 15 is 0 Å². The van der Waals surface area contributed by atoms with Crippen LogP contribution in [0.5, 0.6) is 0 Å². The van der Waals surface area contributed by atoms with Gasteiger partial charge >= 0.3 is 0 Å². The summed E-state index contributed by atoms with van der Waals surface area (Å²) in [4.78, 5) is 10.5. The molecule has 1 N–H and O–H groups in total. The average Bonchev–Trinajstić information content (AvgIpc) is 2.04. The SMILES string of the molecule is O=c1ccc(C#CCCl)n[nH]1. The molecule has 0 atom stereocenters. The van der Waals surface area contributed by atoms with Gasteiger partial charge in [0.2, 0.25) is 0 Å². The van der Waals surface area contributed by atoms with Crippen LogP contribution < -0.4 is 5.56 Å². The maximum absolute atomic E-state index is 10.5. The predicted octanol–water partition coefficient (Wildman–Crippen LogP) is 0.360. The van der Waals surface area contributed by atoms with E-state index in [-0.39, 0.29) is 11.4 Å². The van der Waals surface area contributed by atoms with Crippen LogP contribution in [0.1, 0.15) is 5.69 Å². The molecule has 0 unspecified atom stereocenters. The Morgan fingerprint density at radius 2 is 2.45 bits per heavy atom. The number of nitrogens with zero attached hydrogens (tertiary/aromatic N) is 1. The number of halogens is 1. The second-order valence-electron chi connectivity index (χ2n) is 1.74. The Bertz CT molecular complexity index is 327. The number of rotatable bonds is 0. The molecule has 0 aliphatic rings. The lowest BCUT2D eigenvalue weighted by Gasteiger charge is -1.83. The maximum atomic E-state index is 10.5. The Kier molecular flexibility index (Phi) is 2.70. The van der Waals surface area contributed by atoms with Crippen LogP contribution in [0, 0.1) is 11.8 Å². The quantitative estimate of drug-likeness (QED) is 0.449. The van der Waals surface area contributed by atoms with Gasteiger partial charge in [-0.2, -0.15) is 5.10 Å². The Hall–Kier alpha value is -1.27. The van der Waals surface area contributed by atoms with Crippen molar-refractivity contribution >= 4 is 11.6 Å². The maximum Gasteiger partial charge on any atom is 0.264 e. The zero-order valence-corrected chi connectivity index (χ0v) is 6.35. The third-order valence-corrected chi connectivity index (χ3v) is 1.10. The normalized spacial score (nSPS) is 8.45. The molecule has 11 heavy (non-hydrogen) atoms. The molecular weight excluding hydrogens is 164 g/mol. The average molecular weight is 169 g/mol. The van der Waals surface area contributed by atoms with Crippen molar-refractivity contribution in [3.05, 3.63) is 28.2 Å². The first-order valence-electron chi connectivity index (χ1n) is 2.93. The number of H-pyrrole nitrogens is 1. The minimum absolute atomic E-state index is 0.235. The lowest BCUT2D eigenvalue weighted by Crippen LogP contribution is -2.05. The smallest absolute Gasteiger partial charge is 0.264 e. The zero-order chi connectivity index (χ0) is 8.10. The largest absolute Gasteiger partial charge is 0.268 e. The van der Waals surface area contributed by atoms with E-state index in [9.17, 15) is 4.79 Å². The summed E-state index contributed by atoms with van der Waals surface area (Å²) < 4.78 is 0. The lowest BCUT2D eigenvalue weighted by atomic mass is 10.4. The number of hydrogen-bond donors (Lipinski definition) is 1. The highest BCUT2D eigenvalue weighted by Gasteiger charge is 1.85. The Balaban J connectivity index is 2.90. The standard InChI is InChI=1S/C7H5ClN2O/c8-5-1-2-6-3-4-7(11)10-9-6/h3-4H,5H2,(H,10,11). The molecule has 56 valence electrons. The van der Waals surface area contributed by atoms with E-state index in [0.717, 1.165) is 0 Å². The van der Waals surface area contributed by atoms with Crippen LogP contribution in [-0.4, -0.2) is 16.1 Å². The van der Waals surface area contributed by atoms with E-state index in [0.29, 0.717) is 5.69 Å². The fraction of sp³-hybridized carbons (Fsp3) is 0.143. The fourth-order valence-corrected chi connectivity index (χ4v) is 0.605. The summed E-state index contributed by atoms with van der Waals surface area (Å²) in [6.45, 7) is 0. The van der Waals surface area contributed by atoms with E-state index in [1.165, 1.54) is 6.07 Å². The minimum atomic E-state index is -0.235. The second kappa shape index (κ2) is 3.79. The molecule has 4 heteroatoms. The zero-order valence-electron chi connectivity index (χ0n) is 5.60. The second-order valence-corrected chi connectivity index (χ2v) is 2.01. The summed E-state index contributed by atoms with van der Waals surface area (Å²) in [6.07, 6.45) is 0. The van der Waals surface area contributed by atoms with E-state index in [1.807, 2.05) is 0 Å². The van der Waals surface area contributed by atoms with Crippen LogP contribution in [0.25, 0.3) is 0 Å². The molecule has 0 bridgehead atoms. The van der Waals surface area contributed by atoms with Crippen molar-refractivity contribution in [2.75, 3.05) is 5.88 Å². The van der Waals surface area contributed by atoms with Crippen LogP contribution in [0.2, 0.25) is 0 Å². The van der Waals surface area contributed by atoms with Crippen LogP contribution in [0.4, 0.5) is 0 Å². The molecule has 0 aliphatic heterocycles. The van der Waals surface area contributed by atoms with Crippen LogP contribution in [-0.2, 0) is 0 Å². The Morgan fingerprint density at radius 1 is 1.64 bits per heavy atom. The molecule has 0 radical (unpaired) electrons. The van der Waals surface area contributed by atoms with Crippen molar-refractivity contribution in [3.63, 3.8) is 0 Å². The van der Waals surface area contributed by atoms with Crippen molar-refractivity contribution in [1.29, 1.82) is 0 Å². The van der Waals surface area contributed by atoms with Gasteiger partial charge in [-0.25, -0.2) is 5.10 Å². The van der Waals surface area contributed by atoms with Crippen LogP contribution >= 0.6 is 11.6 Å². The van der Waals surface area contributed by atoms with Crippen LogP contribution in [0.15, 0.2) is 16.9 Å². The molecule has 0 saturated heterocycles. The predicted molar refractivity (Wildman–Crippen MR) is 42.5 cm³/mol. The van der Waals surface area contributed by atoms with Crippen molar-refractivity contribution in [2.45, 2.75) is 0 Å². The number of aromatic amines is 1. The van der Waals surface area contributed by atoms with E-state index in [4.69, 9.17) is 11.6 Å². The minimum Gasteiger partial charge on any atom is -0.268 e. The van der Waals surface area contributed by atoms with Gasteiger partial charge < -0.3 is 0 Å².